The van der Waals surface area contributed by atoms with E-state index in [1.54, 1.807) is 12.5 Å². The van der Waals surface area contributed by atoms with E-state index in [1.165, 1.54) is 5.56 Å². The molecule has 0 radical (unpaired) electrons. The fourth-order valence-electron chi connectivity index (χ4n) is 4.65. The zero-order valence-corrected chi connectivity index (χ0v) is 18.2. The number of ether oxygens (including phenoxy) is 2. The number of likely N-dealkylation sites (tertiary alicyclic amines) is 2. The third-order valence-electron chi connectivity index (χ3n) is 6.12. The molecule has 2 fully saturated rings. The van der Waals surface area contributed by atoms with Gasteiger partial charge in [-0.1, -0.05) is 24.3 Å². The topological polar surface area (TPSA) is 103 Å². The average molecular weight is 446 g/mol. The molecule has 3 aliphatic heterocycles. The van der Waals surface area contributed by atoms with Crippen molar-refractivity contribution >= 4 is 16.7 Å². The second-order valence-corrected chi connectivity index (χ2v) is 9.64. The van der Waals surface area contributed by atoms with Crippen molar-refractivity contribution in [1.29, 1.82) is 0 Å². The number of carbonyl (C=O) groups excluding carboxylic acids is 1. The molecular weight excluding hydrogens is 418 g/mol. The Morgan fingerprint density at radius 1 is 1.19 bits per heavy atom. The van der Waals surface area contributed by atoms with Crippen molar-refractivity contribution in [2.24, 2.45) is 0 Å². The maximum Gasteiger partial charge on any atom is 0.257 e. The van der Waals surface area contributed by atoms with Gasteiger partial charge in [-0.05, 0) is 29.7 Å². The normalized spacial score (nSPS) is 25.2. The van der Waals surface area contributed by atoms with Crippen molar-refractivity contribution in [2.45, 2.75) is 31.2 Å². The van der Waals surface area contributed by atoms with Crippen LogP contribution < -0.4 is 9.47 Å². The van der Waals surface area contributed by atoms with Crippen LogP contribution in [0.4, 0.5) is 0 Å². The Kier molecular flexibility index (Phi) is 6.27. The molecule has 31 heavy (non-hydrogen) atoms. The minimum atomic E-state index is -1.08. The van der Waals surface area contributed by atoms with E-state index in [0.29, 0.717) is 24.3 Å². The van der Waals surface area contributed by atoms with E-state index in [4.69, 9.17) is 9.47 Å². The highest BCUT2D eigenvalue weighted by Crippen LogP contribution is 2.35. The van der Waals surface area contributed by atoms with Crippen molar-refractivity contribution in [3.05, 3.63) is 53.7 Å². The van der Waals surface area contributed by atoms with E-state index in [1.807, 2.05) is 17.0 Å². The average Bonchev–Trinajstić information content (AvgIpc) is 3.34. The Hall–Kier alpha value is -2.49. The summed E-state index contributed by atoms with van der Waals surface area (Å²) in [5, 5.41) is 0. The molecule has 5 rings (SSSR count). The fraction of sp³-hybridized carbons (Fsp3) is 0.455. The van der Waals surface area contributed by atoms with Crippen LogP contribution in [0.1, 0.15) is 23.7 Å². The number of benzene rings is 1. The van der Waals surface area contributed by atoms with Gasteiger partial charge in [-0.2, -0.15) is 0 Å². The second kappa shape index (κ2) is 8.94. The number of amides is 1. The minimum Gasteiger partial charge on any atom is -0.484 e. The molecule has 2 bridgehead atoms. The lowest BCUT2D eigenvalue weighted by Crippen LogP contribution is -2.49. The number of pyridine rings is 1. The molecule has 4 heterocycles. The molecule has 1 amide bonds. The lowest BCUT2D eigenvalue weighted by molar-refractivity contribution is -0.130. The highest BCUT2D eigenvalue weighted by molar-refractivity contribution is 7.85. The first kappa shape index (κ1) is 21.7. The molecule has 2 saturated heterocycles. The van der Waals surface area contributed by atoms with Crippen LogP contribution >= 0.6 is 0 Å². The van der Waals surface area contributed by atoms with Crippen LogP contribution in [-0.4, -0.2) is 74.2 Å². The van der Waals surface area contributed by atoms with Gasteiger partial charge in [-0.25, -0.2) is 4.98 Å². The molecule has 4 atom stereocenters. The first-order chi connectivity index (χ1) is 14.6. The van der Waals surface area contributed by atoms with Gasteiger partial charge in [-0.15, -0.1) is 0 Å². The van der Waals surface area contributed by atoms with E-state index in [9.17, 15) is 9.00 Å². The highest BCUT2D eigenvalue weighted by Gasteiger charge is 2.44. The lowest BCUT2D eigenvalue weighted by atomic mass is 10.1. The Morgan fingerprint density at radius 3 is 2.71 bits per heavy atom. The van der Waals surface area contributed by atoms with Crippen LogP contribution in [0.5, 0.6) is 11.6 Å². The Morgan fingerprint density at radius 2 is 2.00 bits per heavy atom. The quantitative estimate of drug-likeness (QED) is 0.678. The Labute approximate surface area is 183 Å². The molecule has 3 aliphatic rings. The van der Waals surface area contributed by atoms with Crippen molar-refractivity contribution in [3.63, 3.8) is 0 Å². The molecule has 2 N–H and O–H groups in total. The lowest BCUT2D eigenvalue weighted by Gasteiger charge is -2.34. The SMILES string of the molecule is CS(=O)CC(=O)N1C[C@@H]2CC1CN2Cc1ccc([C@H]2COc3cccnc3O2)cc1.O. The predicted molar refractivity (Wildman–Crippen MR) is 116 cm³/mol. The van der Waals surface area contributed by atoms with Gasteiger partial charge >= 0.3 is 0 Å². The van der Waals surface area contributed by atoms with Gasteiger partial charge in [0.05, 0.1) is 0 Å². The number of hydrogen-bond acceptors (Lipinski definition) is 6. The van der Waals surface area contributed by atoms with Gasteiger partial charge in [0, 0.05) is 55.0 Å². The molecule has 2 unspecified atom stereocenters. The smallest absolute Gasteiger partial charge is 0.257 e. The largest absolute Gasteiger partial charge is 0.484 e. The molecule has 166 valence electrons. The third-order valence-corrected chi connectivity index (χ3v) is 6.77. The standard InChI is InChI=1S/C22H25N3O4S.H2O/c1-30(27)14-21(26)25-12-17-9-18(25)11-24(17)10-15-4-6-16(7-5-15)20-13-28-19-3-2-8-23-22(19)29-20;/h2-8,17-18,20H,9-14H2,1H3;1H2/t17-,18?,20+,30?;/m0./s1. The number of piperazine rings is 1. The summed E-state index contributed by atoms with van der Waals surface area (Å²) in [6.45, 7) is 2.98. The molecule has 0 spiro atoms. The maximum absolute atomic E-state index is 12.3. The van der Waals surface area contributed by atoms with Crippen LogP contribution in [0.3, 0.4) is 0 Å². The number of carbonyl (C=O) groups is 1. The van der Waals surface area contributed by atoms with E-state index < -0.39 is 10.8 Å². The Bertz CT molecular complexity index is 970. The molecule has 9 heteroatoms. The first-order valence-electron chi connectivity index (χ1n) is 10.2. The summed E-state index contributed by atoms with van der Waals surface area (Å²) in [6.07, 6.45) is 4.14. The predicted octanol–water partition coefficient (Wildman–Crippen LogP) is 0.933. The number of rotatable bonds is 5. The molecule has 2 aromatic rings. The van der Waals surface area contributed by atoms with Crippen LogP contribution in [0.2, 0.25) is 0 Å². The van der Waals surface area contributed by atoms with Crippen molar-refractivity contribution in [3.8, 4) is 11.6 Å². The summed E-state index contributed by atoms with van der Waals surface area (Å²) in [5.41, 5.74) is 2.32. The summed E-state index contributed by atoms with van der Waals surface area (Å²) >= 11 is 0. The zero-order chi connectivity index (χ0) is 20.7. The second-order valence-electron chi connectivity index (χ2n) is 8.20. The van der Waals surface area contributed by atoms with Crippen LogP contribution in [-0.2, 0) is 22.1 Å². The van der Waals surface area contributed by atoms with Crippen molar-refractivity contribution in [2.75, 3.05) is 31.7 Å². The highest BCUT2D eigenvalue weighted by atomic mass is 32.2. The maximum atomic E-state index is 12.3. The van der Waals surface area contributed by atoms with Crippen molar-refractivity contribution < 1.29 is 24.0 Å². The summed E-state index contributed by atoms with van der Waals surface area (Å²) in [5.74, 6) is 1.39. The number of hydrogen-bond donors (Lipinski definition) is 0. The monoisotopic (exact) mass is 445 g/mol. The summed E-state index contributed by atoms with van der Waals surface area (Å²) in [6, 6.07) is 12.8. The summed E-state index contributed by atoms with van der Waals surface area (Å²) in [7, 11) is -1.08. The van der Waals surface area contributed by atoms with Gasteiger partial charge in [0.2, 0.25) is 5.91 Å². The molecular formula is C22H27N3O5S. The third kappa shape index (κ3) is 4.44. The van der Waals surface area contributed by atoms with Crippen LogP contribution in [0, 0.1) is 0 Å². The number of fused-ring (bicyclic) bond motifs is 3. The molecule has 0 saturated carbocycles. The van der Waals surface area contributed by atoms with Gasteiger partial charge < -0.3 is 19.8 Å². The number of aromatic nitrogens is 1. The van der Waals surface area contributed by atoms with E-state index in [2.05, 4.69) is 34.1 Å². The first-order valence-corrected chi connectivity index (χ1v) is 12.0. The number of nitrogens with zero attached hydrogens (tertiary/aromatic N) is 3. The van der Waals surface area contributed by atoms with Gasteiger partial charge in [0.15, 0.2) is 11.9 Å². The molecule has 0 aliphatic carbocycles. The summed E-state index contributed by atoms with van der Waals surface area (Å²) in [4.78, 5) is 20.9. The van der Waals surface area contributed by atoms with E-state index in [-0.39, 0.29) is 29.3 Å². The van der Waals surface area contributed by atoms with E-state index >= 15 is 0 Å². The van der Waals surface area contributed by atoms with Crippen LogP contribution in [0.25, 0.3) is 0 Å². The van der Waals surface area contributed by atoms with Crippen molar-refractivity contribution in [1.82, 2.24) is 14.8 Å². The molecule has 1 aromatic heterocycles. The minimum absolute atomic E-state index is 0. The zero-order valence-electron chi connectivity index (χ0n) is 17.4. The van der Waals surface area contributed by atoms with Gasteiger partial charge in [0.1, 0.15) is 12.4 Å². The Balaban J connectivity index is 0.00000231. The van der Waals surface area contributed by atoms with Gasteiger partial charge in [-0.3, -0.25) is 13.9 Å². The van der Waals surface area contributed by atoms with Gasteiger partial charge in [0.25, 0.3) is 5.88 Å². The summed E-state index contributed by atoms with van der Waals surface area (Å²) < 4.78 is 23.1. The fourth-order valence-corrected chi connectivity index (χ4v) is 5.16. The van der Waals surface area contributed by atoms with E-state index in [0.717, 1.165) is 31.6 Å². The molecule has 1 aromatic carbocycles. The molecule has 8 nitrogen and oxygen atoms in total. The van der Waals surface area contributed by atoms with Crippen LogP contribution in [0.15, 0.2) is 42.6 Å².